The van der Waals surface area contributed by atoms with Gasteiger partial charge in [0.05, 0.1) is 0 Å². The van der Waals surface area contributed by atoms with Crippen molar-refractivity contribution >= 4 is 17.5 Å². The third kappa shape index (κ3) is 3.00. The van der Waals surface area contributed by atoms with Gasteiger partial charge in [-0.15, -0.1) is 0 Å². The molecule has 0 saturated heterocycles. The van der Waals surface area contributed by atoms with E-state index in [2.05, 4.69) is 13.5 Å². The molecule has 2 aliphatic carbocycles. The van der Waals surface area contributed by atoms with Crippen LogP contribution in [0.15, 0.2) is 6.58 Å². The molecule has 1 aromatic carbocycles. The smallest absolute Gasteiger partial charge is 0.0446 e. The summed E-state index contributed by atoms with van der Waals surface area (Å²) < 4.78 is 0. The fourth-order valence-electron chi connectivity index (χ4n) is 4.95. The average molecular weight is 313 g/mol. The lowest BCUT2D eigenvalue weighted by Gasteiger charge is -2.31. The highest BCUT2D eigenvalue weighted by Crippen LogP contribution is 2.47. The second kappa shape index (κ2) is 6.98. The Labute approximate surface area is 141 Å². The molecule has 0 radical (unpaired) electrons. The van der Waals surface area contributed by atoms with Gasteiger partial charge in [0.15, 0.2) is 0 Å². The number of benzene rings is 1. The quantitative estimate of drug-likeness (QED) is 0.683. The molecule has 0 spiro atoms. The maximum Gasteiger partial charge on any atom is 0.0446 e. The van der Waals surface area contributed by atoms with Crippen LogP contribution < -0.4 is 11.5 Å². The van der Waals surface area contributed by atoms with E-state index in [0.29, 0.717) is 11.8 Å². The van der Waals surface area contributed by atoms with E-state index in [1.54, 1.807) is 0 Å². The number of anilines is 2. The minimum atomic E-state index is 0.543. The number of nitrogens with two attached hydrogens (primary N) is 2. The summed E-state index contributed by atoms with van der Waals surface area (Å²) in [5.74, 6) is 1.16. The molecule has 3 rings (SSSR count). The van der Waals surface area contributed by atoms with Gasteiger partial charge in [-0.05, 0) is 55.6 Å². The minimum Gasteiger partial charge on any atom is -0.398 e. The molecule has 23 heavy (non-hydrogen) atoms. The van der Waals surface area contributed by atoms with E-state index < -0.39 is 0 Å². The van der Waals surface area contributed by atoms with E-state index in [4.69, 9.17) is 11.5 Å². The molecule has 0 bridgehead atoms. The van der Waals surface area contributed by atoms with Gasteiger partial charge in [0, 0.05) is 22.5 Å². The van der Waals surface area contributed by atoms with Crippen molar-refractivity contribution in [3.63, 3.8) is 0 Å². The van der Waals surface area contributed by atoms with Crippen LogP contribution in [0.25, 0.3) is 6.08 Å². The monoisotopic (exact) mass is 312 g/mol. The zero-order chi connectivity index (χ0) is 16.4. The van der Waals surface area contributed by atoms with Gasteiger partial charge in [-0.25, -0.2) is 0 Å². The first-order chi connectivity index (χ1) is 11.1. The second-order valence-corrected chi connectivity index (χ2v) is 7.57. The SMILES string of the molecule is C=Cc1c(N)c(C2CCCCC2)c(N)c(C)c1C1CCCCC1. The summed E-state index contributed by atoms with van der Waals surface area (Å²) >= 11 is 0. The van der Waals surface area contributed by atoms with Crippen LogP contribution in [0.4, 0.5) is 11.4 Å². The molecular formula is C21H32N2. The molecule has 0 aliphatic heterocycles. The number of hydrogen-bond acceptors (Lipinski definition) is 2. The highest BCUT2D eigenvalue weighted by molar-refractivity contribution is 5.80. The molecule has 2 nitrogen and oxygen atoms in total. The van der Waals surface area contributed by atoms with E-state index in [-0.39, 0.29) is 0 Å². The normalized spacial score (nSPS) is 20.6. The number of nitrogen functional groups attached to an aromatic ring is 2. The maximum absolute atomic E-state index is 6.65. The van der Waals surface area contributed by atoms with Crippen LogP contribution in [-0.2, 0) is 0 Å². The van der Waals surface area contributed by atoms with Crippen molar-refractivity contribution in [2.45, 2.75) is 83.0 Å². The Hall–Kier alpha value is -1.44. The lowest BCUT2D eigenvalue weighted by atomic mass is 9.75. The standard InChI is InChI=1S/C21H32N2/c1-3-17-18(15-10-6-4-7-11-15)14(2)20(22)19(21(17)23)16-12-8-5-9-13-16/h3,15-16H,1,4-13,22-23H2,2H3. The van der Waals surface area contributed by atoms with E-state index in [0.717, 1.165) is 11.4 Å². The Morgan fingerprint density at radius 1 is 0.783 bits per heavy atom. The van der Waals surface area contributed by atoms with E-state index in [1.165, 1.54) is 86.5 Å². The third-order valence-corrected chi connectivity index (χ3v) is 6.20. The largest absolute Gasteiger partial charge is 0.398 e. The maximum atomic E-state index is 6.65. The first-order valence-electron chi connectivity index (χ1n) is 9.48. The van der Waals surface area contributed by atoms with Gasteiger partial charge in [-0.3, -0.25) is 0 Å². The molecule has 0 atom stereocenters. The fraction of sp³-hybridized carbons (Fsp3) is 0.619. The van der Waals surface area contributed by atoms with Crippen molar-refractivity contribution in [2.24, 2.45) is 0 Å². The van der Waals surface area contributed by atoms with Crippen molar-refractivity contribution in [3.8, 4) is 0 Å². The number of hydrogen-bond donors (Lipinski definition) is 2. The van der Waals surface area contributed by atoms with Crippen LogP contribution in [0, 0.1) is 6.92 Å². The van der Waals surface area contributed by atoms with Gasteiger partial charge in [-0.1, -0.05) is 51.2 Å². The summed E-state index contributed by atoms with van der Waals surface area (Å²) in [6.45, 7) is 6.29. The molecule has 0 heterocycles. The number of rotatable bonds is 3. The topological polar surface area (TPSA) is 52.0 Å². The molecule has 126 valence electrons. The van der Waals surface area contributed by atoms with E-state index >= 15 is 0 Å². The predicted molar refractivity (Wildman–Crippen MR) is 102 cm³/mol. The molecule has 0 amide bonds. The zero-order valence-electron chi connectivity index (χ0n) is 14.7. The summed E-state index contributed by atoms with van der Waals surface area (Å²) in [6.07, 6.45) is 14.9. The van der Waals surface area contributed by atoms with Crippen LogP contribution in [0.2, 0.25) is 0 Å². The van der Waals surface area contributed by atoms with Crippen LogP contribution in [-0.4, -0.2) is 0 Å². The van der Waals surface area contributed by atoms with Crippen molar-refractivity contribution in [1.29, 1.82) is 0 Å². The van der Waals surface area contributed by atoms with Crippen LogP contribution >= 0.6 is 0 Å². The van der Waals surface area contributed by atoms with Gasteiger partial charge in [0.1, 0.15) is 0 Å². The molecule has 1 aromatic rings. The highest BCUT2D eigenvalue weighted by atomic mass is 14.7. The lowest BCUT2D eigenvalue weighted by Crippen LogP contribution is -2.17. The molecule has 0 unspecified atom stereocenters. The Bertz CT molecular complexity index is 576. The van der Waals surface area contributed by atoms with Crippen LogP contribution in [0.5, 0.6) is 0 Å². The lowest BCUT2D eigenvalue weighted by molar-refractivity contribution is 0.439. The molecule has 2 fully saturated rings. The van der Waals surface area contributed by atoms with Crippen LogP contribution in [0.1, 0.15) is 98.3 Å². The van der Waals surface area contributed by atoms with E-state index in [9.17, 15) is 0 Å². The average Bonchev–Trinajstić information content (AvgIpc) is 2.59. The summed E-state index contributed by atoms with van der Waals surface area (Å²) in [5, 5.41) is 0. The predicted octanol–water partition coefficient (Wildman–Crippen LogP) is 5.90. The fourth-order valence-corrected chi connectivity index (χ4v) is 4.95. The Balaban J connectivity index is 2.09. The van der Waals surface area contributed by atoms with Gasteiger partial charge in [0.25, 0.3) is 0 Å². The first kappa shape index (κ1) is 16.4. The summed E-state index contributed by atoms with van der Waals surface area (Å²) in [7, 11) is 0. The highest BCUT2D eigenvalue weighted by Gasteiger charge is 2.28. The summed E-state index contributed by atoms with van der Waals surface area (Å²) in [5.41, 5.74) is 20.3. The Morgan fingerprint density at radius 2 is 1.26 bits per heavy atom. The van der Waals surface area contributed by atoms with Gasteiger partial charge >= 0.3 is 0 Å². The van der Waals surface area contributed by atoms with Gasteiger partial charge in [0.2, 0.25) is 0 Å². The molecule has 0 aromatic heterocycles. The van der Waals surface area contributed by atoms with Crippen molar-refractivity contribution in [2.75, 3.05) is 11.5 Å². The van der Waals surface area contributed by atoms with E-state index in [1.807, 2.05) is 6.08 Å². The molecule has 2 saturated carbocycles. The first-order valence-corrected chi connectivity index (χ1v) is 9.48. The summed E-state index contributed by atoms with van der Waals surface area (Å²) in [6, 6.07) is 0. The molecule has 4 N–H and O–H groups in total. The minimum absolute atomic E-state index is 0.543. The van der Waals surface area contributed by atoms with Crippen molar-refractivity contribution in [3.05, 3.63) is 28.8 Å². The zero-order valence-corrected chi connectivity index (χ0v) is 14.7. The van der Waals surface area contributed by atoms with Crippen LogP contribution in [0.3, 0.4) is 0 Å². The van der Waals surface area contributed by atoms with Gasteiger partial charge in [-0.2, -0.15) is 0 Å². The molecular weight excluding hydrogens is 280 g/mol. The van der Waals surface area contributed by atoms with Crippen molar-refractivity contribution in [1.82, 2.24) is 0 Å². The van der Waals surface area contributed by atoms with Crippen molar-refractivity contribution < 1.29 is 0 Å². The summed E-state index contributed by atoms with van der Waals surface area (Å²) in [4.78, 5) is 0. The Kier molecular flexibility index (Phi) is 4.99. The third-order valence-electron chi connectivity index (χ3n) is 6.20. The molecule has 2 aliphatic rings. The van der Waals surface area contributed by atoms with Gasteiger partial charge < -0.3 is 11.5 Å². The Morgan fingerprint density at radius 3 is 1.74 bits per heavy atom. The second-order valence-electron chi connectivity index (χ2n) is 7.57. The molecule has 2 heteroatoms.